The molecule has 6 heteroatoms. The zero-order valence-electron chi connectivity index (χ0n) is 13.9. The van der Waals surface area contributed by atoms with Crippen molar-refractivity contribution in [2.75, 3.05) is 10.6 Å². The highest BCUT2D eigenvalue weighted by atomic mass is 16.4. The molecule has 0 aromatic heterocycles. The Morgan fingerprint density at radius 2 is 1.58 bits per heavy atom. The van der Waals surface area contributed by atoms with Crippen LogP contribution in [0.2, 0.25) is 0 Å². The quantitative estimate of drug-likeness (QED) is 0.669. The first-order valence-electron chi connectivity index (χ1n) is 7.90. The molecule has 0 bridgehead atoms. The summed E-state index contributed by atoms with van der Waals surface area (Å²) in [6.45, 7) is 1.33. The molecule has 0 aliphatic rings. The summed E-state index contributed by atoms with van der Waals surface area (Å²) in [5.41, 5.74) is 0.845. The molecule has 3 N–H and O–H groups in total. The van der Waals surface area contributed by atoms with E-state index in [4.69, 9.17) is 0 Å². The van der Waals surface area contributed by atoms with Crippen molar-refractivity contribution >= 4 is 39.9 Å². The number of carbonyl (C=O) groups excluding carboxylic acids is 2. The molecular weight excluding hydrogens is 332 g/mol. The molecule has 0 spiro atoms. The van der Waals surface area contributed by atoms with E-state index in [0.29, 0.717) is 11.3 Å². The molecule has 0 heterocycles. The second-order valence-electron chi connectivity index (χ2n) is 5.73. The van der Waals surface area contributed by atoms with Gasteiger partial charge in [-0.1, -0.05) is 36.4 Å². The van der Waals surface area contributed by atoms with E-state index in [-0.39, 0.29) is 17.2 Å². The van der Waals surface area contributed by atoms with Gasteiger partial charge in [-0.2, -0.15) is 0 Å². The molecule has 3 aromatic carbocycles. The molecule has 2 amide bonds. The molecule has 0 atom stereocenters. The van der Waals surface area contributed by atoms with Crippen LogP contribution in [0.5, 0.6) is 0 Å². The highest BCUT2D eigenvalue weighted by Gasteiger charge is 2.16. The first kappa shape index (κ1) is 17.2. The number of hydrogen-bond acceptors (Lipinski definition) is 3. The molecule has 0 aliphatic heterocycles. The molecule has 0 unspecified atom stereocenters. The number of nitrogens with one attached hydrogen (secondary N) is 2. The van der Waals surface area contributed by atoms with E-state index >= 15 is 0 Å². The van der Waals surface area contributed by atoms with Crippen molar-refractivity contribution in [3.8, 4) is 0 Å². The van der Waals surface area contributed by atoms with Crippen LogP contribution in [-0.4, -0.2) is 22.9 Å². The van der Waals surface area contributed by atoms with Gasteiger partial charge in [-0.15, -0.1) is 0 Å². The van der Waals surface area contributed by atoms with Gasteiger partial charge < -0.3 is 15.7 Å². The van der Waals surface area contributed by atoms with Gasteiger partial charge in [0.25, 0.3) is 5.91 Å². The molecule has 3 rings (SSSR count). The lowest BCUT2D eigenvalue weighted by Crippen LogP contribution is -2.16. The topological polar surface area (TPSA) is 95.5 Å². The van der Waals surface area contributed by atoms with Gasteiger partial charge >= 0.3 is 5.97 Å². The molecule has 0 radical (unpaired) electrons. The minimum Gasteiger partial charge on any atom is -0.478 e. The number of carboxylic acid groups (broad SMARTS) is 1. The Bertz CT molecular complexity index is 1020. The second-order valence-corrected chi connectivity index (χ2v) is 5.73. The number of fused-ring (bicyclic) bond motifs is 1. The highest BCUT2D eigenvalue weighted by Crippen LogP contribution is 2.24. The molecule has 0 saturated carbocycles. The average Bonchev–Trinajstić information content (AvgIpc) is 2.61. The summed E-state index contributed by atoms with van der Waals surface area (Å²) in [6.07, 6.45) is 0. The number of amides is 2. The molecular formula is C20H16N2O4. The molecule has 0 aliphatic carbocycles. The molecule has 6 nitrogen and oxygen atoms in total. The van der Waals surface area contributed by atoms with Gasteiger partial charge in [0, 0.05) is 18.2 Å². The number of hydrogen-bond donors (Lipinski definition) is 3. The van der Waals surface area contributed by atoms with E-state index in [9.17, 15) is 19.5 Å². The normalized spacial score (nSPS) is 10.3. The Morgan fingerprint density at radius 1 is 0.846 bits per heavy atom. The van der Waals surface area contributed by atoms with E-state index in [1.165, 1.54) is 25.1 Å². The fourth-order valence-corrected chi connectivity index (χ4v) is 2.72. The number of benzene rings is 3. The van der Waals surface area contributed by atoms with Gasteiger partial charge in [0.05, 0.1) is 11.3 Å². The van der Waals surface area contributed by atoms with Crippen molar-refractivity contribution in [2.24, 2.45) is 0 Å². The summed E-state index contributed by atoms with van der Waals surface area (Å²) in [4.78, 5) is 35.4. The van der Waals surface area contributed by atoms with Crippen LogP contribution in [0.15, 0.2) is 60.7 Å². The number of carbonyl (C=O) groups is 3. The molecule has 26 heavy (non-hydrogen) atoms. The SMILES string of the molecule is CC(=O)Nc1ccc(NC(=O)c2cccc3ccccc23)c(C(=O)O)c1. The Morgan fingerprint density at radius 3 is 2.31 bits per heavy atom. The number of carboxylic acids is 1. The van der Waals surface area contributed by atoms with E-state index < -0.39 is 11.9 Å². The standard InChI is InChI=1S/C20H16N2O4/c1-12(23)21-14-9-10-18(17(11-14)20(25)26)22-19(24)16-8-4-6-13-5-2-3-7-15(13)16/h2-11H,1H3,(H,21,23)(H,22,24)(H,25,26). The van der Waals surface area contributed by atoms with Crippen molar-refractivity contribution < 1.29 is 19.5 Å². The van der Waals surface area contributed by atoms with E-state index in [2.05, 4.69) is 10.6 Å². The van der Waals surface area contributed by atoms with Gasteiger partial charge in [-0.25, -0.2) is 4.79 Å². The van der Waals surface area contributed by atoms with Crippen LogP contribution in [0, 0.1) is 0 Å². The zero-order valence-corrected chi connectivity index (χ0v) is 13.9. The summed E-state index contributed by atoms with van der Waals surface area (Å²) in [6, 6.07) is 17.1. The highest BCUT2D eigenvalue weighted by molar-refractivity contribution is 6.14. The van der Waals surface area contributed by atoms with Gasteiger partial charge in [0.1, 0.15) is 0 Å². The summed E-state index contributed by atoms with van der Waals surface area (Å²) in [5.74, 6) is -1.92. The number of aromatic carboxylic acids is 1. The summed E-state index contributed by atoms with van der Waals surface area (Å²) < 4.78 is 0. The van der Waals surface area contributed by atoms with Crippen molar-refractivity contribution in [3.63, 3.8) is 0 Å². The number of anilines is 2. The lowest BCUT2D eigenvalue weighted by molar-refractivity contribution is -0.114. The van der Waals surface area contributed by atoms with Gasteiger partial charge in [-0.3, -0.25) is 9.59 Å². The van der Waals surface area contributed by atoms with E-state index in [1.54, 1.807) is 12.1 Å². The van der Waals surface area contributed by atoms with Crippen LogP contribution in [0.1, 0.15) is 27.6 Å². The first-order chi connectivity index (χ1) is 12.5. The maximum atomic E-state index is 12.7. The third-order valence-corrected chi connectivity index (χ3v) is 3.85. The largest absolute Gasteiger partial charge is 0.478 e. The van der Waals surface area contributed by atoms with Crippen molar-refractivity contribution in [3.05, 3.63) is 71.8 Å². The third-order valence-electron chi connectivity index (χ3n) is 3.85. The Labute approximate surface area is 149 Å². The van der Waals surface area contributed by atoms with Crippen molar-refractivity contribution in [1.29, 1.82) is 0 Å². The van der Waals surface area contributed by atoms with E-state index in [1.807, 2.05) is 30.3 Å². The number of rotatable bonds is 4. The predicted molar refractivity (Wildman–Crippen MR) is 99.6 cm³/mol. The van der Waals surface area contributed by atoms with Crippen LogP contribution < -0.4 is 10.6 Å². The summed E-state index contributed by atoms with van der Waals surface area (Å²) in [5, 5.41) is 16.3. The van der Waals surface area contributed by atoms with E-state index in [0.717, 1.165) is 10.8 Å². The van der Waals surface area contributed by atoms with Gasteiger partial charge in [0.15, 0.2) is 0 Å². The summed E-state index contributed by atoms with van der Waals surface area (Å²) >= 11 is 0. The van der Waals surface area contributed by atoms with Crippen LogP contribution in [-0.2, 0) is 4.79 Å². The van der Waals surface area contributed by atoms with Crippen molar-refractivity contribution in [2.45, 2.75) is 6.92 Å². The maximum Gasteiger partial charge on any atom is 0.337 e. The first-order valence-corrected chi connectivity index (χ1v) is 7.90. The fourth-order valence-electron chi connectivity index (χ4n) is 2.72. The summed E-state index contributed by atoms with van der Waals surface area (Å²) in [7, 11) is 0. The molecule has 130 valence electrons. The van der Waals surface area contributed by atoms with Crippen LogP contribution in [0.4, 0.5) is 11.4 Å². The lowest BCUT2D eigenvalue weighted by atomic mass is 10.0. The van der Waals surface area contributed by atoms with Crippen LogP contribution in [0.3, 0.4) is 0 Å². The van der Waals surface area contributed by atoms with Crippen LogP contribution in [0.25, 0.3) is 10.8 Å². The minimum absolute atomic E-state index is 0.107. The monoisotopic (exact) mass is 348 g/mol. The zero-order chi connectivity index (χ0) is 18.7. The molecule has 3 aromatic rings. The smallest absolute Gasteiger partial charge is 0.337 e. The molecule has 0 saturated heterocycles. The predicted octanol–water partition coefficient (Wildman–Crippen LogP) is 3.75. The van der Waals surface area contributed by atoms with Crippen LogP contribution >= 0.6 is 0 Å². The average molecular weight is 348 g/mol. The maximum absolute atomic E-state index is 12.7. The third kappa shape index (κ3) is 3.54. The Hall–Kier alpha value is -3.67. The second kappa shape index (κ2) is 7.06. The van der Waals surface area contributed by atoms with Gasteiger partial charge in [0.2, 0.25) is 5.91 Å². The van der Waals surface area contributed by atoms with Gasteiger partial charge in [-0.05, 0) is 35.0 Å². The fraction of sp³-hybridized carbons (Fsp3) is 0.0500. The lowest BCUT2D eigenvalue weighted by Gasteiger charge is -2.12. The molecule has 0 fully saturated rings. The minimum atomic E-state index is -1.20. The Balaban J connectivity index is 1.96. The Kier molecular flexibility index (Phi) is 4.66. The van der Waals surface area contributed by atoms with Crippen molar-refractivity contribution in [1.82, 2.24) is 0 Å².